The van der Waals surface area contributed by atoms with E-state index in [1.807, 2.05) is 4.90 Å². The molecule has 0 fully saturated rings. The Labute approximate surface area is 94.7 Å². The highest BCUT2D eigenvalue weighted by Crippen LogP contribution is 2.16. The highest BCUT2D eigenvalue weighted by atomic mass is 16.5. The van der Waals surface area contributed by atoms with Crippen molar-refractivity contribution in [2.24, 2.45) is 0 Å². The van der Waals surface area contributed by atoms with Gasteiger partial charge in [-0.3, -0.25) is 0 Å². The number of methoxy groups -OCH3 is 1. The first-order chi connectivity index (χ1) is 7.79. The van der Waals surface area contributed by atoms with Crippen LogP contribution in [0, 0.1) is 11.3 Å². The number of nitrogens with zero attached hydrogens (tertiary/aromatic N) is 4. The van der Waals surface area contributed by atoms with E-state index in [0.717, 1.165) is 0 Å². The van der Waals surface area contributed by atoms with Gasteiger partial charge >= 0.3 is 0 Å². The van der Waals surface area contributed by atoms with Crippen molar-refractivity contribution in [3.05, 3.63) is 12.4 Å². The van der Waals surface area contributed by atoms with Gasteiger partial charge in [0.1, 0.15) is 0 Å². The summed E-state index contributed by atoms with van der Waals surface area (Å²) in [7, 11) is 1.63. The first-order valence-corrected chi connectivity index (χ1v) is 4.97. The van der Waals surface area contributed by atoms with E-state index in [1.54, 1.807) is 13.3 Å². The first kappa shape index (κ1) is 12.2. The normalized spacial score (nSPS) is 9.75. The second kappa shape index (κ2) is 6.58. The standard InChI is InChI=1S/C10H15N5O/c1-16-8-7-15(6-2-3-11)10-9(12)13-4-5-14-10/h4-5H,2,6-8H2,1H3,(H2,12,13). The maximum atomic E-state index is 8.58. The average molecular weight is 221 g/mol. The lowest BCUT2D eigenvalue weighted by atomic mass is 10.4. The summed E-state index contributed by atoms with van der Waals surface area (Å²) in [4.78, 5) is 10.0. The van der Waals surface area contributed by atoms with E-state index < -0.39 is 0 Å². The van der Waals surface area contributed by atoms with Crippen molar-refractivity contribution in [2.45, 2.75) is 6.42 Å². The molecular formula is C10H15N5O. The van der Waals surface area contributed by atoms with Crippen molar-refractivity contribution in [2.75, 3.05) is 37.4 Å². The van der Waals surface area contributed by atoms with Gasteiger partial charge in [-0.05, 0) is 0 Å². The molecule has 0 saturated carbocycles. The SMILES string of the molecule is COCCN(CCC#N)c1nccnc1N. The molecule has 0 spiro atoms. The van der Waals surface area contributed by atoms with Crippen molar-refractivity contribution < 1.29 is 4.74 Å². The Morgan fingerprint density at radius 2 is 2.19 bits per heavy atom. The van der Waals surface area contributed by atoms with Gasteiger partial charge in [-0.2, -0.15) is 5.26 Å². The molecule has 0 saturated heterocycles. The van der Waals surface area contributed by atoms with Crippen molar-refractivity contribution >= 4 is 11.6 Å². The van der Waals surface area contributed by atoms with Gasteiger partial charge in [-0.25, -0.2) is 9.97 Å². The molecule has 1 aromatic rings. The number of hydrogen-bond acceptors (Lipinski definition) is 6. The van der Waals surface area contributed by atoms with Crippen LogP contribution in [0.1, 0.15) is 6.42 Å². The van der Waals surface area contributed by atoms with Crippen LogP contribution in [0.25, 0.3) is 0 Å². The van der Waals surface area contributed by atoms with E-state index in [1.165, 1.54) is 6.20 Å². The van der Waals surface area contributed by atoms with Gasteiger partial charge < -0.3 is 15.4 Å². The number of ether oxygens (including phenoxy) is 1. The minimum Gasteiger partial charge on any atom is -0.383 e. The molecule has 0 aliphatic rings. The van der Waals surface area contributed by atoms with Crippen molar-refractivity contribution in [3.63, 3.8) is 0 Å². The van der Waals surface area contributed by atoms with Crippen molar-refractivity contribution in [1.29, 1.82) is 5.26 Å². The van der Waals surface area contributed by atoms with Crippen LogP contribution in [0.15, 0.2) is 12.4 Å². The van der Waals surface area contributed by atoms with Crippen LogP contribution in [0.4, 0.5) is 11.6 Å². The smallest absolute Gasteiger partial charge is 0.171 e. The third-order valence-corrected chi connectivity index (χ3v) is 2.06. The van der Waals surface area contributed by atoms with Crippen LogP contribution in [0.5, 0.6) is 0 Å². The lowest BCUT2D eigenvalue weighted by Gasteiger charge is -2.22. The van der Waals surface area contributed by atoms with Gasteiger partial charge in [0, 0.05) is 32.6 Å². The molecule has 0 aliphatic carbocycles. The number of anilines is 2. The number of hydrogen-bond donors (Lipinski definition) is 1. The van der Waals surface area contributed by atoms with Crippen LogP contribution >= 0.6 is 0 Å². The molecule has 0 bridgehead atoms. The Morgan fingerprint density at radius 3 is 2.81 bits per heavy atom. The van der Waals surface area contributed by atoms with E-state index in [9.17, 15) is 0 Å². The van der Waals surface area contributed by atoms with E-state index >= 15 is 0 Å². The summed E-state index contributed by atoms with van der Waals surface area (Å²) in [5, 5.41) is 8.58. The number of nitriles is 1. The maximum Gasteiger partial charge on any atom is 0.171 e. The molecule has 0 aromatic carbocycles. The minimum atomic E-state index is 0.372. The van der Waals surface area contributed by atoms with Gasteiger partial charge in [0.15, 0.2) is 11.6 Å². The summed E-state index contributed by atoms with van der Waals surface area (Å²) in [5.41, 5.74) is 5.73. The molecule has 16 heavy (non-hydrogen) atoms. The fraction of sp³-hybridized carbons (Fsp3) is 0.500. The molecule has 1 rings (SSSR count). The van der Waals surface area contributed by atoms with Crippen molar-refractivity contribution in [3.8, 4) is 6.07 Å². The monoisotopic (exact) mass is 221 g/mol. The molecule has 0 atom stereocenters. The lowest BCUT2D eigenvalue weighted by Crippen LogP contribution is -2.30. The van der Waals surface area contributed by atoms with Gasteiger partial charge in [0.05, 0.1) is 19.1 Å². The Morgan fingerprint density at radius 1 is 1.44 bits per heavy atom. The van der Waals surface area contributed by atoms with E-state index in [0.29, 0.717) is 37.8 Å². The van der Waals surface area contributed by atoms with Crippen LogP contribution in [-0.2, 0) is 4.74 Å². The molecule has 0 aliphatic heterocycles. The summed E-state index contributed by atoms with van der Waals surface area (Å²) in [6.07, 6.45) is 3.54. The van der Waals surface area contributed by atoms with E-state index in [-0.39, 0.29) is 0 Å². The van der Waals surface area contributed by atoms with Gasteiger partial charge in [0.25, 0.3) is 0 Å². The molecule has 6 nitrogen and oxygen atoms in total. The molecule has 0 unspecified atom stereocenters. The Balaban J connectivity index is 2.75. The predicted molar refractivity (Wildman–Crippen MR) is 60.8 cm³/mol. The third kappa shape index (κ3) is 3.37. The van der Waals surface area contributed by atoms with Crippen molar-refractivity contribution in [1.82, 2.24) is 9.97 Å². The quantitative estimate of drug-likeness (QED) is 0.749. The first-order valence-electron chi connectivity index (χ1n) is 4.97. The molecule has 1 heterocycles. The highest BCUT2D eigenvalue weighted by molar-refractivity contribution is 5.57. The largest absolute Gasteiger partial charge is 0.383 e. The van der Waals surface area contributed by atoms with Gasteiger partial charge in [0.2, 0.25) is 0 Å². The molecule has 86 valence electrons. The van der Waals surface area contributed by atoms with Crippen LogP contribution < -0.4 is 10.6 Å². The van der Waals surface area contributed by atoms with E-state index in [2.05, 4.69) is 16.0 Å². The predicted octanol–water partition coefficient (Wildman–Crippen LogP) is 0.425. The number of nitrogen functional groups attached to an aromatic ring is 1. The minimum absolute atomic E-state index is 0.372. The summed E-state index contributed by atoms with van der Waals surface area (Å²) in [6.45, 7) is 1.77. The Hall–Kier alpha value is -1.87. The highest BCUT2D eigenvalue weighted by Gasteiger charge is 2.11. The zero-order chi connectivity index (χ0) is 11.8. The summed E-state index contributed by atoms with van der Waals surface area (Å²) in [6, 6.07) is 2.09. The average Bonchev–Trinajstić information content (AvgIpc) is 2.31. The van der Waals surface area contributed by atoms with Gasteiger partial charge in [-0.15, -0.1) is 0 Å². The Bertz CT molecular complexity index is 362. The summed E-state index contributed by atoms with van der Waals surface area (Å²) in [5.74, 6) is 0.978. The topological polar surface area (TPSA) is 88.1 Å². The molecular weight excluding hydrogens is 206 g/mol. The van der Waals surface area contributed by atoms with Gasteiger partial charge in [-0.1, -0.05) is 0 Å². The van der Waals surface area contributed by atoms with Crippen LogP contribution in [-0.4, -0.2) is 36.8 Å². The molecule has 0 radical (unpaired) electrons. The molecule has 0 amide bonds. The van der Waals surface area contributed by atoms with E-state index in [4.69, 9.17) is 15.7 Å². The molecule has 1 aromatic heterocycles. The zero-order valence-corrected chi connectivity index (χ0v) is 9.26. The fourth-order valence-corrected chi connectivity index (χ4v) is 1.30. The second-order valence-corrected chi connectivity index (χ2v) is 3.15. The number of aromatic nitrogens is 2. The molecule has 6 heteroatoms. The fourth-order valence-electron chi connectivity index (χ4n) is 1.30. The van der Waals surface area contributed by atoms with Crippen LogP contribution in [0.2, 0.25) is 0 Å². The Kier molecular flexibility index (Phi) is 5.02. The lowest BCUT2D eigenvalue weighted by molar-refractivity contribution is 0.205. The second-order valence-electron chi connectivity index (χ2n) is 3.15. The maximum absolute atomic E-state index is 8.58. The zero-order valence-electron chi connectivity index (χ0n) is 9.26. The third-order valence-electron chi connectivity index (χ3n) is 2.06. The summed E-state index contributed by atoms with van der Waals surface area (Å²) < 4.78 is 5.00. The number of rotatable bonds is 6. The number of nitrogens with two attached hydrogens (primary N) is 1. The van der Waals surface area contributed by atoms with Crippen LogP contribution in [0.3, 0.4) is 0 Å². The summed E-state index contributed by atoms with van der Waals surface area (Å²) >= 11 is 0. The molecule has 2 N–H and O–H groups in total.